The number of benzene rings is 3. The van der Waals surface area contributed by atoms with Crippen LogP contribution in [0.15, 0.2) is 60.7 Å². The lowest BCUT2D eigenvalue weighted by atomic mass is 10.1. The second-order valence-electron chi connectivity index (χ2n) is 7.07. The summed E-state index contributed by atoms with van der Waals surface area (Å²) in [6, 6.07) is 21.2. The van der Waals surface area contributed by atoms with Crippen molar-refractivity contribution in [2.45, 2.75) is 18.9 Å². The number of carbonyl (C=O) groups is 1. The molecule has 3 aromatic rings. The highest BCUT2D eigenvalue weighted by Gasteiger charge is 2.33. The summed E-state index contributed by atoms with van der Waals surface area (Å²) in [5.41, 5.74) is 4.72. The molecule has 1 atom stereocenters. The molecule has 3 heteroatoms. The van der Waals surface area contributed by atoms with Gasteiger partial charge in [0.05, 0.1) is 12.4 Å². The molecule has 0 aromatic heterocycles. The van der Waals surface area contributed by atoms with Gasteiger partial charge in [0, 0.05) is 17.0 Å². The van der Waals surface area contributed by atoms with Crippen LogP contribution in [0.2, 0.25) is 0 Å². The SMILES string of the molecule is CN(CN1C(=O)c2cccc3cccc1c23)C1CCc2ccccc21. The van der Waals surface area contributed by atoms with E-state index in [1.54, 1.807) is 0 Å². The molecular formula is C22H20N2O. The van der Waals surface area contributed by atoms with Crippen LogP contribution in [0, 0.1) is 0 Å². The van der Waals surface area contributed by atoms with Gasteiger partial charge in [0.15, 0.2) is 0 Å². The Morgan fingerprint density at radius 2 is 1.84 bits per heavy atom. The van der Waals surface area contributed by atoms with E-state index in [1.807, 2.05) is 23.1 Å². The maximum atomic E-state index is 13.0. The highest BCUT2D eigenvalue weighted by atomic mass is 16.2. The molecule has 0 N–H and O–H groups in total. The summed E-state index contributed by atoms with van der Waals surface area (Å²) in [6.45, 7) is 0.617. The Labute approximate surface area is 147 Å². The van der Waals surface area contributed by atoms with Gasteiger partial charge in [-0.05, 0) is 48.5 Å². The van der Waals surface area contributed by atoms with Gasteiger partial charge in [-0.1, -0.05) is 48.5 Å². The Kier molecular flexibility index (Phi) is 3.19. The van der Waals surface area contributed by atoms with Crippen molar-refractivity contribution in [3.8, 4) is 0 Å². The molecule has 1 unspecified atom stereocenters. The van der Waals surface area contributed by atoms with Crippen molar-refractivity contribution in [3.05, 3.63) is 77.4 Å². The van der Waals surface area contributed by atoms with Crippen molar-refractivity contribution in [2.75, 3.05) is 18.6 Å². The monoisotopic (exact) mass is 328 g/mol. The number of fused-ring (bicyclic) bond motifs is 1. The molecule has 0 bridgehead atoms. The molecule has 0 radical (unpaired) electrons. The Balaban J connectivity index is 1.48. The zero-order valence-electron chi connectivity index (χ0n) is 14.3. The molecule has 1 heterocycles. The van der Waals surface area contributed by atoms with Crippen molar-refractivity contribution >= 4 is 22.4 Å². The standard InChI is InChI=1S/C22H20N2O/c1-23(19-13-12-15-6-2-3-9-17(15)19)14-24-20-11-5-8-16-7-4-10-18(21(16)20)22(24)25/h2-11,19H,12-14H2,1H3. The van der Waals surface area contributed by atoms with Gasteiger partial charge < -0.3 is 0 Å². The van der Waals surface area contributed by atoms with Gasteiger partial charge in [0.2, 0.25) is 0 Å². The minimum atomic E-state index is 0.116. The second kappa shape index (κ2) is 5.43. The Morgan fingerprint density at radius 1 is 1.04 bits per heavy atom. The first kappa shape index (κ1) is 14.7. The highest BCUT2D eigenvalue weighted by molar-refractivity contribution is 6.24. The number of hydrogen-bond acceptors (Lipinski definition) is 2. The van der Waals surface area contributed by atoms with Gasteiger partial charge in [-0.25, -0.2) is 0 Å². The molecule has 3 nitrogen and oxygen atoms in total. The number of amides is 1. The first-order valence-corrected chi connectivity index (χ1v) is 8.86. The fraction of sp³-hybridized carbons (Fsp3) is 0.227. The van der Waals surface area contributed by atoms with E-state index in [1.165, 1.54) is 11.1 Å². The molecule has 0 saturated carbocycles. The zero-order valence-corrected chi connectivity index (χ0v) is 14.3. The fourth-order valence-corrected chi connectivity index (χ4v) is 4.43. The quantitative estimate of drug-likeness (QED) is 0.712. The average molecular weight is 328 g/mol. The molecule has 5 rings (SSSR count). The normalized spacial score (nSPS) is 18.4. The van der Waals surface area contributed by atoms with Crippen LogP contribution in [0.25, 0.3) is 10.8 Å². The van der Waals surface area contributed by atoms with Gasteiger partial charge in [-0.3, -0.25) is 14.6 Å². The largest absolute Gasteiger partial charge is 0.294 e. The summed E-state index contributed by atoms with van der Waals surface area (Å²) in [5.74, 6) is 0.116. The second-order valence-corrected chi connectivity index (χ2v) is 7.07. The third kappa shape index (κ3) is 2.12. The predicted molar refractivity (Wildman–Crippen MR) is 101 cm³/mol. The van der Waals surface area contributed by atoms with Crippen molar-refractivity contribution < 1.29 is 4.79 Å². The summed E-state index contributed by atoms with van der Waals surface area (Å²) in [7, 11) is 2.13. The van der Waals surface area contributed by atoms with Crippen molar-refractivity contribution in [2.24, 2.45) is 0 Å². The molecule has 0 spiro atoms. The summed E-state index contributed by atoms with van der Waals surface area (Å²) >= 11 is 0. The number of nitrogens with zero attached hydrogens (tertiary/aromatic N) is 2. The van der Waals surface area contributed by atoms with E-state index < -0.39 is 0 Å². The smallest absolute Gasteiger partial charge is 0.260 e. The van der Waals surface area contributed by atoms with Crippen molar-refractivity contribution in [1.29, 1.82) is 0 Å². The predicted octanol–water partition coefficient (Wildman–Crippen LogP) is 4.38. The van der Waals surface area contributed by atoms with Crippen LogP contribution in [-0.2, 0) is 6.42 Å². The molecular weight excluding hydrogens is 308 g/mol. The van der Waals surface area contributed by atoms with E-state index in [4.69, 9.17) is 0 Å². The molecule has 1 amide bonds. The summed E-state index contributed by atoms with van der Waals surface area (Å²) in [6.07, 6.45) is 2.24. The fourth-order valence-electron chi connectivity index (χ4n) is 4.43. The van der Waals surface area contributed by atoms with E-state index in [0.717, 1.165) is 34.9 Å². The van der Waals surface area contributed by atoms with Gasteiger partial charge in [0.1, 0.15) is 0 Å². The molecule has 1 aliphatic carbocycles. The van der Waals surface area contributed by atoms with Crippen LogP contribution in [0.4, 0.5) is 5.69 Å². The van der Waals surface area contributed by atoms with Crippen LogP contribution in [0.5, 0.6) is 0 Å². The van der Waals surface area contributed by atoms with E-state index in [0.29, 0.717) is 12.7 Å². The number of aryl methyl sites for hydroxylation is 1. The van der Waals surface area contributed by atoms with Gasteiger partial charge in [-0.2, -0.15) is 0 Å². The van der Waals surface area contributed by atoms with Crippen molar-refractivity contribution in [1.82, 2.24) is 4.90 Å². The Morgan fingerprint density at radius 3 is 2.72 bits per heavy atom. The summed E-state index contributed by atoms with van der Waals surface area (Å²) in [4.78, 5) is 17.2. The Bertz CT molecular complexity index is 989. The third-order valence-corrected chi connectivity index (χ3v) is 5.65. The Hall–Kier alpha value is -2.65. The molecule has 0 fully saturated rings. The van der Waals surface area contributed by atoms with Crippen molar-refractivity contribution in [3.63, 3.8) is 0 Å². The van der Waals surface area contributed by atoms with Gasteiger partial charge in [0.25, 0.3) is 5.91 Å². The number of anilines is 1. The lowest BCUT2D eigenvalue weighted by Gasteiger charge is -2.30. The van der Waals surface area contributed by atoms with Crippen LogP contribution in [0.1, 0.15) is 33.9 Å². The summed E-state index contributed by atoms with van der Waals surface area (Å²) in [5, 5.41) is 2.23. The molecule has 25 heavy (non-hydrogen) atoms. The molecule has 3 aromatic carbocycles. The third-order valence-electron chi connectivity index (χ3n) is 5.65. The highest BCUT2D eigenvalue weighted by Crippen LogP contribution is 2.39. The minimum absolute atomic E-state index is 0.116. The number of rotatable bonds is 3. The summed E-state index contributed by atoms with van der Waals surface area (Å²) < 4.78 is 0. The first-order chi connectivity index (χ1) is 12.2. The van der Waals surface area contributed by atoms with Crippen LogP contribution in [-0.4, -0.2) is 24.5 Å². The minimum Gasteiger partial charge on any atom is -0.294 e. The van der Waals surface area contributed by atoms with E-state index in [9.17, 15) is 4.79 Å². The van der Waals surface area contributed by atoms with Crippen LogP contribution < -0.4 is 4.90 Å². The first-order valence-electron chi connectivity index (χ1n) is 8.86. The molecule has 1 aliphatic heterocycles. The number of hydrogen-bond donors (Lipinski definition) is 0. The lowest BCUT2D eigenvalue weighted by Crippen LogP contribution is -2.39. The molecule has 2 aliphatic rings. The van der Waals surface area contributed by atoms with Crippen LogP contribution in [0.3, 0.4) is 0 Å². The number of carbonyl (C=O) groups excluding carboxylic acids is 1. The molecule has 0 saturated heterocycles. The molecule has 124 valence electrons. The maximum Gasteiger partial charge on any atom is 0.260 e. The lowest BCUT2D eigenvalue weighted by molar-refractivity contribution is 0.0970. The zero-order chi connectivity index (χ0) is 17.0. The van der Waals surface area contributed by atoms with E-state index in [2.05, 4.69) is 54.4 Å². The topological polar surface area (TPSA) is 23.6 Å². The van der Waals surface area contributed by atoms with E-state index in [-0.39, 0.29) is 5.91 Å². The maximum absolute atomic E-state index is 13.0. The van der Waals surface area contributed by atoms with Gasteiger partial charge >= 0.3 is 0 Å². The van der Waals surface area contributed by atoms with Crippen LogP contribution >= 0.6 is 0 Å². The van der Waals surface area contributed by atoms with E-state index >= 15 is 0 Å². The van der Waals surface area contributed by atoms with Gasteiger partial charge in [-0.15, -0.1) is 0 Å². The average Bonchev–Trinajstić information content (AvgIpc) is 3.19.